The molecule has 5 heteroatoms. The minimum Gasteiger partial charge on any atom is -0.396 e. The summed E-state index contributed by atoms with van der Waals surface area (Å²) in [6.45, 7) is 10.3. The van der Waals surface area contributed by atoms with E-state index in [2.05, 4.69) is 33.0 Å². The average Bonchev–Trinajstić information content (AvgIpc) is 3.16. The largest absolute Gasteiger partial charge is 0.396 e. The Morgan fingerprint density at radius 1 is 1.03 bits per heavy atom. The highest BCUT2D eigenvalue weighted by molar-refractivity contribution is 5.75. The summed E-state index contributed by atoms with van der Waals surface area (Å²) in [6.07, 6.45) is 10.5. The highest BCUT2D eigenvalue weighted by Gasteiger charge is 2.64. The molecule has 11 unspecified atom stereocenters. The molecule has 4 N–H and O–H groups in total. The summed E-state index contributed by atoms with van der Waals surface area (Å²) in [7, 11) is 0. The van der Waals surface area contributed by atoms with Gasteiger partial charge in [0.05, 0.1) is 12.2 Å². The quantitative estimate of drug-likeness (QED) is 0.387. The van der Waals surface area contributed by atoms with Crippen LogP contribution in [0.15, 0.2) is 0 Å². The Morgan fingerprint density at radius 2 is 1.74 bits per heavy atom. The van der Waals surface area contributed by atoms with Gasteiger partial charge in [-0.3, -0.25) is 4.79 Å². The number of amides is 1. The molecule has 34 heavy (non-hydrogen) atoms. The lowest BCUT2D eigenvalue weighted by Gasteiger charge is -2.64. The van der Waals surface area contributed by atoms with Gasteiger partial charge in [-0.1, -0.05) is 34.1 Å². The number of carbonyl (C=O) groups is 1. The Morgan fingerprint density at radius 3 is 2.44 bits per heavy atom. The monoisotopic (exact) mass is 477 g/mol. The number of rotatable bonds is 8. The summed E-state index contributed by atoms with van der Waals surface area (Å²) in [6, 6.07) is 0. The molecule has 4 aliphatic carbocycles. The van der Waals surface area contributed by atoms with Crippen LogP contribution >= 0.6 is 0 Å². The Kier molecular flexibility index (Phi) is 8.06. The fraction of sp³-hybridized carbons (Fsp3) is 0.966. The number of hydrogen-bond donors (Lipinski definition) is 4. The first-order valence-corrected chi connectivity index (χ1v) is 14.4. The summed E-state index contributed by atoms with van der Waals surface area (Å²) in [5, 5.41) is 34.1. The standard InChI is InChI=1S/C29H51NO4/c1-5-20-24-17-19(32)11-13-29(24,4)23-12-14-28(3)21(8-9-22(28)26(23)27(20)34)18(2)7-10-25(33)30-15-6-16-31/h18-24,26-27,31-32,34H,5-17H2,1-4H3,(H,30,33). The molecule has 0 saturated heterocycles. The molecule has 4 fully saturated rings. The maximum Gasteiger partial charge on any atom is 0.220 e. The number of hydrogen-bond acceptors (Lipinski definition) is 4. The van der Waals surface area contributed by atoms with Gasteiger partial charge in [-0.2, -0.15) is 0 Å². The third-order valence-corrected chi connectivity index (χ3v) is 11.6. The second-order valence-electron chi connectivity index (χ2n) is 13.1. The first-order valence-electron chi connectivity index (χ1n) is 14.4. The molecule has 4 aliphatic rings. The molecule has 0 aliphatic heterocycles. The molecular weight excluding hydrogens is 426 g/mol. The van der Waals surface area contributed by atoms with Crippen LogP contribution in [0.25, 0.3) is 0 Å². The molecule has 1 amide bonds. The molecular formula is C29H51NO4. The summed E-state index contributed by atoms with van der Waals surface area (Å²) in [5.41, 5.74) is 0.506. The van der Waals surface area contributed by atoms with E-state index in [0.29, 0.717) is 60.8 Å². The van der Waals surface area contributed by atoms with Crippen LogP contribution < -0.4 is 5.32 Å². The Bertz CT molecular complexity index is 714. The first-order chi connectivity index (χ1) is 16.2. The van der Waals surface area contributed by atoms with Crippen molar-refractivity contribution in [1.82, 2.24) is 5.32 Å². The molecule has 0 radical (unpaired) electrons. The zero-order valence-corrected chi connectivity index (χ0v) is 22.1. The Labute approximate surface area is 207 Å². The third kappa shape index (κ3) is 4.47. The summed E-state index contributed by atoms with van der Waals surface area (Å²) in [4.78, 5) is 12.2. The topological polar surface area (TPSA) is 89.8 Å². The fourth-order valence-electron chi connectivity index (χ4n) is 9.89. The molecule has 4 saturated carbocycles. The van der Waals surface area contributed by atoms with E-state index in [1.54, 1.807) is 0 Å². The zero-order chi connectivity index (χ0) is 24.7. The van der Waals surface area contributed by atoms with Crippen molar-refractivity contribution < 1.29 is 20.1 Å². The van der Waals surface area contributed by atoms with Crippen LogP contribution in [0.4, 0.5) is 0 Å². The van der Waals surface area contributed by atoms with Crippen LogP contribution in [0.3, 0.4) is 0 Å². The number of fused-ring (bicyclic) bond motifs is 5. The molecule has 196 valence electrons. The van der Waals surface area contributed by atoms with Crippen LogP contribution in [0, 0.1) is 52.3 Å². The molecule has 11 atom stereocenters. The van der Waals surface area contributed by atoms with Gasteiger partial charge in [0, 0.05) is 19.6 Å². The SMILES string of the molecule is CCC1C(O)C2C3CCC(C(C)CCC(=O)NCCCO)C3(C)CCC2C2(C)CCC(O)CC12. The lowest BCUT2D eigenvalue weighted by molar-refractivity contribution is -0.203. The minimum absolute atomic E-state index is 0.107. The number of nitrogens with one attached hydrogen (secondary N) is 1. The molecule has 0 heterocycles. The second-order valence-corrected chi connectivity index (χ2v) is 13.1. The lowest BCUT2D eigenvalue weighted by Crippen LogP contribution is -2.62. The van der Waals surface area contributed by atoms with E-state index >= 15 is 0 Å². The van der Waals surface area contributed by atoms with E-state index in [0.717, 1.165) is 32.1 Å². The second kappa shape index (κ2) is 10.4. The van der Waals surface area contributed by atoms with Crippen molar-refractivity contribution in [3.8, 4) is 0 Å². The van der Waals surface area contributed by atoms with Gasteiger partial charge in [0.15, 0.2) is 0 Å². The smallest absolute Gasteiger partial charge is 0.220 e. The number of aliphatic hydroxyl groups is 3. The van der Waals surface area contributed by atoms with Crippen LogP contribution in [0.1, 0.15) is 98.3 Å². The lowest BCUT2D eigenvalue weighted by atomic mass is 9.41. The molecule has 0 aromatic heterocycles. The first kappa shape index (κ1) is 26.4. The van der Waals surface area contributed by atoms with Gasteiger partial charge in [0.1, 0.15) is 0 Å². The average molecular weight is 478 g/mol. The van der Waals surface area contributed by atoms with Crippen molar-refractivity contribution in [2.45, 2.75) is 111 Å². The van der Waals surface area contributed by atoms with Crippen molar-refractivity contribution in [2.24, 2.45) is 52.3 Å². The van der Waals surface area contributed by atoms with Crippen LogP contribution in [-0.4, -0.2) is 46.6 Å². The van der Waals surface area contributed by atoms with Crippen LogP contribution in [-0.2, 0) is 4.79 Å². The summed E-state index contributed by atoms with van der Waals surface area (Å²) < 4.78 is 0. The Balaban J connectivity index is 1.48. The van der Waals surface area contributed by atoms with Crippen LogP contribution in [0.5, 0.6) is 0 Å². The molecule has 0 aromatic carbocycles. The zero-order valence-electron chi connectivity index (χ0n) is 22.1. The number of aliphatic hydroxyl groups excluding tert-OH is 3. The fourth-order valence-corrected chi connectivity index (χ4v) is 9.89. The van der Waals surface area contributed by atoms with Crippen molar-refractivity contribution in [3.05, 3.63) is 0 Å². The predicted octanol–water partition coefficient (Wildman–Crippen LogP) is 4.53. The van der Waals surface area contributed by atoms with Gasteiger partial charge in [0.25, 0.3) is 0 Å². The molecule has 5 nitrogen and oxygen atoms in total. The van der Waals surface area contributed by atoms with Gasteiger partial charge in [-0.15, -0.1) is 0 Å². The van der Waals surface area contributed by atoms with Crippen molar-refractivity contribution in [1.29, 1.82) is 0 Å². The van der Waals surface area contributed by atoms with E-state index in [1.165, 1.54) is 25.7 Å². The van der Waals surface area contributed by atoms with Gasteiger partial charge in [0.2, 0.25) is 5.91 Å². The normalized spacial score (nSPS) is 46.8. The van der Waals surface area contributed by atoms with Gasteiger partial charge in [-0.25, -0.2) is 0 Å². The van der Waals surface area contributed by atoms with Crippen molar-refractivity contribution in [3.63, 3.8) is 0 Å². The van der Waals surface area contributed by atoms with Crippen molar-refractivity contribution >= 4 is 5.91 Å². The van der Waals surface area contributed by atoms with Gasteiger partial charge >= 0.3 is 0 Å². The highest BCUT2D eigenvalue weighted by Crippen LogP contribution is 2.69. The third-order valence-electron chi connectivity index (χ3n) is 11.6. The van der Waals surface area contributed by atoms with E-state index < -0.39 is 0 Å². The van der Waals surface area contributed by atoms with Crippen LogP contribution in [0.2, 0.25) is 0 Å². The maximum atomic E-state index is 12.2. The predicted molar refractivity (Wildman–Crippen MR) is 135 cm³/mol. The molecule has 0 spiro atoms. The van der Waals surface area contributed by atoms with E-state index in [-0.39, 0.29) is 35.6 Å². The number of carbonyl (C=O) groups excluding carboxylic acids is 1. The van der Waals surface area contributed by atoms with Crippen molar-refractivity contribution in [2.75, 3.05) is 13.2 Å². The van der Waals surface area contributed by atoms with E-state index in [9.17, 15) is 15.0 Å². The highest BCUT2D eigenvalue weighted by atomic mass is 16.3. The maximum absolute atomic E-state index is 12.2. The molecule has 0 bridgehead atoms. The van der Waals surface area contributed by atoms with Gasteiger partial charge < -0.3 is 20.6 Å². The molecule has 4 rings (SSSR count). The van der Waals surface area contributed by atoms with Gasteiger partial charge in [-0.05, 0) is 110 Å². The minimum atomic E-state index is -0.241. The van der Waals surface area contributed by atoms with E-state index in [4.69, 9.17) is 5.11 Å². The summed E-state index contributed by atoms with van der Waals surface area (Å²) in [5.74, 6) is 3.53. The van der Waals surface area contributed by atoms with E-state index in [1.807, 2.05) is 0 Å². The Hall–Kier alpha value is -0.650. The summed E-state index contributed by atoms with van der Waals surface area (Å²) >= 11 is 0. The molecule has 0 aromatic rings.